The minimum absolute atomic E-state index is 0.000954. The lowest BCUT2D eigenvalue weighted by molar-refractivity contribution is -0.137. The van der Waals surface area contributed by atoms with Crippen LogP contribution in [0, 0.1) is 11.8 Å². The van der Waals surface area contributed by atoms with Gasteiger partial charge in [-0.2, -0.15) is 0 Å². The van der Waals surface area contributed by atoms with Gasteiger partial charge in [-0.15, -0.1) is 0 Å². The number of Topliss-reactive ketones (excluding diaryl/α,β-unsaturated/α-hetero) is 1. The lowest BCUT2D eigenvalue weighted by atomic mass is 9.88. The highest BCUT2D eigenvalue weighted by Gasteiger charge is 2.39. The maximum atomic E-state index is 12.0. The van der Waals surface area contributed by atoms with Gasteiger partial charge in [0, 0.05) is 31.1 Å². The first-order valence-electron chi connectivity index (χ1n) is 9.09. The van der Waals surface area contributed by atoms with Crippen LogP contribution in [0.3, 0.4) is 0 Å². The number of aliphatic carboxylic acids is 1. The van der Waals surface area contributed by atoms with Gasteiger partial charge in [-0.3, -0.25) is 14.4 Å². The number of aliphatic hydroxyl groups excluding tert-OH is 1. The first-order chi connectivity index (χ1) is 11.5. The smallest absolute Gasteiger partial charge is 0.303 e. The molecule has 0 amide bonds. The van der Waals surface area contributed by atoms with Crippen LogP contribution in [0.2, 0.25) is 0 Å². The molecule has 1 aliphatic rings. The van der Waals surface area contributed by atoms with Crippen LogP contribution in [-0.2, 0) is 14.4 Å². The Morgan fingerprint density at radius 1 is 1.17 bits per heavy atom. The lowest BCUT2D eigenvalue weighted by Crippen LogP contribution is -2.18. The average molecular weight is 340 g/mol. The van der Waals surface area contributed by atoms with E-state index in [1.807, 2.05) is 13.8 Å². The third kappa shape index (κ3) is 8.39. The van der Waals surface area contributed by atoms with Gasteiger partial charge in [-0.1, -0.05) is 46.1 Å². The maximum absolute atomic E-state index is 12.0. The molecule has 3 unspecified atom stereocenters. The molecule has 0 aromatic heterocycles. The molecule has 0 radical (unpaired) electrons. The third-order valence-electron chi connectivity index (χ3n) is 4.24. The molecule has 0 spiro atoms. The number of hydrogen-bond donors (Lipinski definition) is 2. The van der Waals surface area contributed by atoms with Crippen molar-refractivity contribution < 1.29 is 24.6 Å². The monoisotopic (exact) mass is 340 g/mol. The molecule has 1 aliphatic carbocycles. The lowest BCUT2D eigenvalue weighted by Gasteiger charge is -2.17. The number of hydrogen-bond acceptors (Lipinski definition) is 4. The molecule has 2 N–H and O–H groups in total. The summed E-state index contributed by atoms with van der Waals surface area (Å²) in [5.74, 6) is -1.19. The predicted molar refractivity (Wildman–Crippen MR) is 93.7 cm³/mol. The van der Waals surface area contributed by atoms with Gasteiger partial charge >= 0.3 is 5.97 Å². The van der Waals surface area contributed by atoms with Crippen LogP contribution in [0.25, 0.3) is 0 Å². The highest BCUT2D eigenvalue weighted by atomic mass is 16.4. The van der Waals surface area contributed by atoms with Gasteiger partial charge in [0.15, 0.2) is 5.78 Å². The normalized spacial score (nSPS) is 23.2. The van der Waals surface area contributed by atoms with Crippen molar-refractivity contribution in [3.63, 3.8) is 0 Å². The fourth-order valence-electron chi connectivity index (χ4n) is 2.92. The summed E-state index contributed by atoms with van der Waals surface area (Å²) in [6.07, 6.45) is 7.17. The number of ketones is 2. The fourth-order valence-corrected chi connectivity index (χ4v) is 2.92. The van der Waals surface area contributed by atoms with Crippen molar-refractivity contribution in [1.82, 2.24) is 0 Å². The minimum Gasteiger partial charge on any atom is -0.481 e. The van der Waals surface area contributed by atoms with Gasteiger partial charge in [-0.05, 0) is 18.9 Å². The molecule has 5 nitrogen and oxygen atoms in total. The Bertz CT molecular complexity index is 427. The summed E-state index contributed by atoms with van der Waals surface area (Å²) in [7, 11) is 0. The number of aliphatic hydroxyl groups is 1. The molecule has 0 heterocycles. The molecule has 3 atom stereocenters. The summed E-state index contributed by atoms with van der Waals surface area (Å²) in [6.45, 7) is 5.78. The Labute approximate surface area is 145 Å². The number of unbranched alkanes of at least 4 members (excludes halogenated alkanes) is 3. The first-order valence-corrected chi connectivity index (χ1v) is 9.09. The number of rotatable bonds is 10. The minimum atomic E-state index is -0.778. The quantitative estimate of drug-likeness (QED) is 0.469. The maximum Gasteiger partial charge on any atom is 0.303 e. The van der Waals surface area contributed by atoms with Gasteiger partial charge in [0.25, 0.3) is 0 Å². The number of carboxylic acids is 1. The zero-order chi connectivity index (χ0) is 18.5. The van der Waals surface area contributed by atoms with Gasteiger partial charge in [0.1, 0.15) is 5.78 Å². The Kier molecular flexibility index (Phi) is 12.1. The Balaban J connectivity index is 0.00000254. The molecule has 0 bridgehead atoms. The summed E-state index contributed by atoms with van der Waals surface area (Å²) < 4.78 is 0. The molecule has 138 valence electrons. The number of carbonyl (C=O) groups excluding carboxylic acids is 2. The number of carboxylic acid groups (broad SMARTS) is 1. The topological polar surface area (TPSA) is 91.7 Å². The summed E-state index contributed by atoms with van der Waals surface area (Å²) in [4.78, 5) is 33.7. The molecule has 1 saturated carbocycles. The SMILES string of the molecule is CC.CCC(=O)C=CC1C(O)CC(=O)C1CCCCCCC(=O)O. The van der Waals surface area contributed by atoms with Crippen molar-refractivity contribution in [1.29, 1.82) is 0 Å². The first kappa shape index (κ1) is 22.5. The molecular weight excluding hydrogens is 308 g/mol. The summed E-state index contributed by atoms with van der Waals surface area (Å²) >= 11 is 0. The Hall–Kier alpha value is -1.49. The van der Waals surface area contributed by atoms with Gasteiger partial charge in [0.2, 0.25) is 0 Å². The predicted octanol–water partition coefficient (Wildman–Crippen LogP) is 3.54. The van der Waals surface area contributed by atoms with Crippen LogP contribution < -0.4 is 0 Å². The molecule has 1 fully saturated rings. The summed E-state index contributed by atoms with van der Waals surface area (Å²) in [5.41, 5.74) is 0. The van der Waals surface area contributed by atoms with E-state index in [4.69, 9.17) is 5.11 Å². The highest BCUT2D eigenvalue weighted by molar-refractivity contribution is 5.90. The second kappa shape index (κ2) is 12.9. The van der Waals surface area contributed by atoms with E-state index in [2.05, 4.69) is 0 Å². The van der Waals surface area contributed by atoms with Crippen LogP contribution in [-0.4, -0.2) is 33.9 Å². The van der Waals surface area contributed by atoms with Gasteiger partial charge in [-0.25, -0.2) is 0 Å². The van der Waals surface area contributed by atoms with Crippen molar-refractivity contribution in [3.8, 4) is 0 Å². The molecule has 0 aromatic carbocycles. The highest BCUT2D eigenvalue weighted by Crippen LogP contribution is 2.34. The Morgan fingerprint density at radius 3 is 2.38 bits per heavy atom. The zero-order valence-corrected chi connectivity index (χ0v) is 15.2. The van der Waals surface area contributed by atoms with E-state index in [0.717, 1.165) is 19.3 Å². The number of allylic oxidation sites excluding steroid dienone is 1. The van der Waals surface area contributed by atoms with Crippen molar-refractivity contribution in [2.24, 2.45) is 11.8 Å². The van der Waals surface area contributed by atoms with Crippen molar-refractivity contribution in [2.45, 2.75) is 78.2 Å². The van der Waals surface area contributed by atoms with E-state index < -0.39 is 12.1 Å². The largest absolute Gasteiger partial charge is 0.481 e. The van der Waals surface area contributed by atoms with E-state index in [-0.39, 0.29) is 36.2 Å². The second-order valence-corrected chi connectivity index (χ2v) is 5.95. The van der Waals surface area contributed by atoms with Crippen molar-refractivity contribution in [3.05, 3.63) is 12.2 Å². The van der Waals surface area contributed by atoms with Crippen LogP contribution in [0.15, 0.2) is 12.2 Å². The third-order valence-corrected chi connectivity index (χ3v) is 4.24. The number of carbonyl (C=O) groups is 3. The van der Waals surface area contributed by atoms with E-state index in [1.54, 1.807) is 13.0 Å². The summed E-state index contributed by atoms with van der Waals surface area (Å²) in [5, 5.41) is 18.5. The molecule has 0 saturated heterocycles. The van der Waals surface area contributed by atoms with E-state index in [0.29, 0.717) is 19.3 Å². The molecule has 0 aromatic rings. The van der Waals surface area contributed by atoms with Crippen LogP contribution in [0.5, 0.6) is 0 Å². The van der Waals surface area contributed by atoms with E-state index in [9.17, 15) is 19.5 Å². The van der Waals surface area contributed by atoms with E-state index >= 15 is 0 Å². The molecule has 1 rings (SSSR count). The standard InChI is InChI=1S/C17H26O5.C2H6/c1-2-12(18)9-10-14-13(15(19)11-16(14)20)7-5-3-4-6-8-17(21)22;1-2/h9-10,13-14,16,20H,2-8,11H2,1H3,(H,21,22);1-2H3. The van der Waals surface area contributed by atoms with Crippen LogP contribution >= 0.6 is 0 Å². The average Bonchev–Trinajstić information content (AvgIpc) is 2.83. The van der Waals surface area contributed by atoms with Crippen LogP contribution in [0.1, 0.15) is 72.1 Å². The fraction of sp³-hybridized carbons (Fsp3) is 0.737. The molecular formula is C19H32O5. The molecule has 5 heteroatoms. The van der Waals surface area contributed by atoms with Crippen molar-refractivity contribution in [2.75, 3.05) is 0 Å². The zero-order valence-electron chi connectivity index (χ0n) is 15.2. The summed E-state index contributed by atoms with van der Waals surface area (Å²) in [6, 6.07) is 0. The Morgan fingerprint density at radius 2 is 1.79 bits per heavy atom. The second-order valence-electron chi connectivity index (χ2n) is 5.95. The van der Waals surface area contributed by atoms with Crippen LogP contribution in [0.4, 0.5) is 0 Å². The molecule has 0 aliphatic heterocycles. The van der Waals surface area contributed by atoms with E-state index in [1.165, 1.54) is 6.08 Å². The van der Waals surface area contributed by atoms with Gasteiger partial charge in [0.05, 0.1) is 6.10 Å². The van der Waals surface area contributed by atoms with Crippen molar-refractivity contribution >= 4 is 17.5 Å². The van der Waals surface area contributed by atoms with Gasteiger partial charge < -0.3 is 10.2 Å². The molecule has 24 heavy (non-hydrogen) atoms.